The maximum Gasteiger partial charge on any atom is 0.418 e. The standard InChI is InChI=1S/C25H28F3N5O2/c1-33(2)13-5-12-29-22-10-9-18(14-20(22)25(26,27)28)32-24(35)19-6-3-4-7-21(19)30-15-17-8-11-23(34)31-16-17/h3-4,6-11,14,16,29-30H,5,12-13,15H2,1-2H3,(H,31,34)(H,32,35). The third-order valence-corrected chi connectivity index (χ3v) is 5.18. The van der Waals surface area contributed by atoms with Crippen molar-refractivity contribution in [1.29, 1.82) is 0 Å². The van der Waals surface area contributed by atoms with Crippen LogP contribution >= 0.6 is 0 Å². The first kappa shape index (κ1) is 25.8. The van der Waals surface area contributed by atoms with E-state index in [1.165, 1.54) is 18.2 Å². The molecule has 0 bridgehead atoms. The number of aromatic amines is 1. The first-order valence-electron chi connectivity index (χ1n) is 11.0. The van der Waals surface area contributed by atoms with Crippen LogP contribution < -0.4 is 21.5 Å². The summed E-state index contributed by atoms with van der Waals surface area (Å²) in [5.41, 5.74) is 0.520. The molecule has 4 N–H and O–H groups in total. The van der Waals surface area contributed by atoms with Crippen molar-refractivity contribution in [2.24, 2.45) is 0 Å². The molecule has 0 saturated heterocycles. The number of hydrogen-bond donors (Lipinski definition) is 4. The summed E-state index contributed by atoms with van der Waals surface area (Å²) in [5, 5.41) is 8.53. The van der Waals surface area contributed by atoms with Crippen LogP contribution in [0.1, 0.15) is 27.9 Å². The number of amides is 1. The molecule has 1 aromatic heterocycles. The molecule has 0 spiro atoms. The molecule has 0 fully saturated rings. The van der Waals surface area contributed by atoms with E-state index < -0.39 is 17.6 Å². The van der Waals surface area contributed by atoms with Crippen molar-refractivity contribution >= 4 is 23.0 Å². The van der Waals surface area contributed by atoms with E-state index in [1.807, 2.05) is 19.0 Å². The molecule has 7 nitrogen and oxygen atoms in total. The van der Waals surface area contributed by atoms with Gasteiger partial charge in [0, 0.05) is 42.4 Å². The molecule has 1 heterocycles. The van der Waals surface area contributed by atoms with Gasteiger partial charge in [0.15, 0.2) is 0 Å². The van der Waals surface area contributed by atoms with Gasteiger partial charge in [-0.2, -0.15) is 13.2 Å². The summed E-state index contributed by atoms with van der Waals surface area (Å²) in [5.74, 6) is -0.547. The molecule has 3 aromatic rings. The molecule has 1 amide bonds. The summed E-state index contributed by atoms with van der Waals surface area (Å²) in [6.07, 6.45) is -2.33. The van der Waals surface area contributed by atoms with Crippen molar-refractivity contribution in [3.63, 3.8) is 0 Å². The number of carbonyl (C=O) groups excluding carboxylic acids is 1. The fourth-order valence-corrected chi connectivity index (χ4v) is 3.41. The van der Waals surface area contributed by atoms with Gasteiger partial charge in [-0.1, -0.05) is 18.2 Å². The number of aromatic nitrogens is 1. The lowest BCUT2D eigenvalue weighted by Gasteiger charge is -2.17. The second-order valence-electron chi connectivity index (χ2n) is 8.26. The molecule has 0 atom stereocenters. The number of H-pyrrole nitrogens is 1. The normalized spacial score (nSPS) is 11.4. The Morgan fingerprint density at radius 3 is 2.46 bits per heavy atom. The Hall–Kier alpha value is -3.79. The van der Waals surface area contributed by atoms with Crippen molar-refractivity contribution in [1.82, 2.24) is 9.88 Å². The molecule has 0 radical (unpaired) electrons. The smallest absolute Gasteiger partial charge is 0.385 e. The summed E-state index contributed by atoms with van der Waals surface area (Å²) in [4.78, 5) is 28.6. The molecule has 0 aliphatic carbocycles. The highest BCUT2D eigenvalue weighted by Crippen LogP contribution is 2.36. The van der Waals surface area contributed by atoms with Crippen LogP contribution in [0.3, 0.4) is 0 Å². The number of anilines is 3. The van der Waals surface area contributed by atoms with E-state index in [0.717, 1.165) is 18.2 Å². The molecule has 0 saturated carbocycles. The van der Waals surface area contributed by atoms with Crippen LogP contribution in [0.2, 0.25) is 0 Å². The summed E-state index contributed by atoms with van der Waals surface area (Å²) in [6.45, 7) is 1.48. The van der Waals surface area contributed by atoms with Crippen molar-refractivity contribution in [3.8, 4) is 0 Å². The Kier molecular flexibility index (Phi) is 8.53. The van der Waals surface area contributed by atoms with Crippen LogP contribution in [0.4, 0.5) is 30.2 Å². The Morgan fingerprint density at radius 2 is 1.77 bits per heavy atom. The van der Waals surface area contributed by atoms with Gasteiger partial charge in [-0.15, -0.1) is 0 Å². The Balaban J connectivity index is 1.73. The number of alkyl halides is 3. The molecule has 2 aromatic carbocycles. The predicted octanol–water partition coefficient (Wildman–Crippen LogP) is 4.62. The van der Waals surface area contributed by atoms with Gasteiger partial charge in [0.05, 0.1) is 11.1 Å². The highest BCUT2D eigenvalue weighted by atomic mass is 19.4. The quantitative estimate of drug-likeness (QED) is 0.314. The average Bonchev–Trinajstić information content (AvgIpc) is 2.81. The second kappa shape index (κ2) is 11.6. The Morgan fingerprint density at radius 1 is 1.00 bits per heavy atom. The second-order valence-corrected chi connectivity index (χ2v) is 8.26. The number of hydrogen-bond acceptors (Lipinski definition) is 5. The number of para-hydroxylation sites is 1. The summed E-state index contributed by atoms with van der Waals surface area (Å²) in [6, 6.07) is 13.4. The van der Waals surface area contributed by atoms with Crippen LogP contribution in [0.15, 0.2) is 65.6 Å². The molecular formula is C25H28F3N5O2. The van der Waals surface area contributed by atoms with Gasteiger partial charge < -0.3 is 25.8 Å². The lowest BCUT2D eigenvalue weighted by molar-refractivity contribution is -0.136. The molecule has 10 heteroatoms. The van der Waals surface area contributed by atoms with Crippen LogP contribution in [-0.2, 0) is 12.7 Å². The van der Waals surface area contributed by atoms with Gasteiger partial charge in [0.1, 0.15) is 0 Å². The lowest BCUT2D eigenvalue weighted by Crippen LogP contribution is -2.18. The SMILES string of the molecule is CN(C)CCCNc1ccc(NC(=O)c2ccccc2NCc2ccc(=O)[nH]c2)cc1C(F)(F)F. The minimum atomic E-state index is -4.58. The average molecular weight is 488 g/mol. The zero-order valence-corrected chi connectivity index (χ0v) is 19.5. The fourth-order valence-electron chi connectivity index (χ4n) is 3.41. The zero-order valence-electron chi connectivity index (χ0n) is 19.5. The van der Waals surface area contributed by atoms with Crippen LogP contribution in [-0.4, -0.2) is 43.0 Å². The molecule has 35 heavy (non-hydrogen) atoms. The monoisotopic (exact) mass is 487 g/mol. The molecule has 0 unspecified atom stereocenters. The third kappa shape index (κ3) is 7.61. The summed E-state index contributed by atoms with van der Waals surface area (Å²) in [7, 11) is 3.80. The van der Waals surface area contributed by atoms with Crippen LogP contribution in [0.5, 0.6) is 0 Å². The zero-order chi connectivity index (χ0) is 25.4. The van der Waals surface area contributed by atoms with Crippen molar-refractivity contribution in [2.75, 3.05) is 43.1 Å². The van der Waals surface area contributed by atoms with Gasteiger partial charge >= 0.3 is 6.18 Å². The number of pyridine rings is 1. The van der Waals surface area contributed by atoms with Gasteiger partial charge in [-0.05, 0) is 63.0 Å². The summed E-state index contributed by atoms with van der Waals surface area (Å²) < 4.78 is 41.1. The van der Waals surface area contributed by atoms with E-state index in [2.05, 4.69) is 20.9 Å². The van der Waals surface area contributed by atoms with Crippen LogP contribution in [0.25, 0.3) is 0 Å². The van der Waals surface area contributed by atoms with E-state index in [4.69, 9.17) is 0 Å². The first-order valence-corrected chi connectivity index (χ1v) is 11.0. The van der Waals surface area contributed by atoms with Gasteiger partial charge in [-0.25, -0.2) is 0 Å². The molecular weight excluding hydrogens is 459 g/mol. The van der Waals surface area contributed by atoms with E-state index in [-0.39, 0.29) is 22.5 Å². The Labute approximate surface area is 201 Å². The molecule has 0 aliphatic rings. The number of carbonyl (C=O) groups is 1. The summed E-state index contributed by atoms with van der Waals surface area (Å²) >= 11 is 0. The van der Waals surface area contributed by atoms with E-state index >= 15 is 0 Å². The topological polar surface area (TPSA) is 89.3 Å². The minimum absolute atomic E-state index is 0.0303. The number of nitrogens with zero attached hydrogens (tertiary/aromatic N) is 1. The van der Waals surface area contributed by atoms with Gasteiger partial charge in [0.2, 0.25) is 5.56 Å². The number of rotatable bonds is 10. The highest BCUT2D eigenvalue weighted by Gasteiger charge is 2.34. The molecule has 3 rings (SSSR count). The van der Waals surface area contributed by atoms with Gasteiger partial charge in [0.25, 0.3) is 5.91 Å². The van der Waals surface area contributed by atoms with Crippen molar-refractivity contribution in [3.05, 3.63) is 87.8 Å². The lowest BCUT2D eigenvalue weighted by atomic mass is 10.1. The van der Waals surface area contributed by atoms with Crippen LogP contribution in [0, 0.1) is 0 Å². The molecule has 0 aliphatic heterocycles. The van der Waals surface area contributed by atoms with E-state index in [1.54, 1.807) is 36.5 Å². The minimum Gasteiger partial charge on any atom is -0.385 e. The largest absolute Gasteiger partial charge is 0.418 e. The Bertz CT molecular complexity index is 1190. The number of halogens is 3. The third-order valence-electron chi connectivity index (χ3n) is 5.18. The first-order chi connectivity index (χ1) is 16.6. The van der Waals surface area contributed by atoms with Crippen molar-refractivity contribution in [2.45, 2.75) is 19.1 Å². The molecule has 186 valence electrons. The predicted molar refractivity (Wildman–Crippen MR) is 132 cm³/mol. The van der Waals surface area contributed by atoms with Crippen molar-refractivity contribution < 1.29 is 18.0 Å². The van der Waals surface area contributed by atoms with E-state index in [9.17, 15) is 22.8 Å². The van der Waals surface area contributed by atoms with E-state index in [0.29, 0.717) is 25.2 Å². The maximum atomic E-state index is 13.7. The maximum absolute atomic E-state index is 13.7. The fraction of sp³-hybridized carbons (Fsp3) is 0.280. The number of benzene rings is 2. The highest BCUT2D eigenvalue weighted by molar-refractivity contribution is 6.08. The van der Waals surface area contributed by atoms with Gasteiger partial charge in [-0.3, -0.25) is 9.59 Å². The number of nitrogens with one attached hydrogen (secondary N) is 4.